The van der Waals surface area contributed by atoms with Crippen molar-refractivity contribution in [2.24, 2.45) is 0 Å². The third-order valence-electron chi connectivity index (χ3n) is 5.92. The van der Waals surface area contributed by atoms with E-state index in [-0.39, 0.29) is 5.60 Å². The molecule has 1 aromatic carbocycles. The second-order valence-electron chi connectivity index (χ2n) is 8.49. The highest BCUT2D eigenvalue weighted by Crippen LogP contribution is 2.39. The van der Waals surface area contributed by atoms with Gasteiger partial charge in [-0.05, 0) is 31.7 Å². The first-order valence-electron chi connectivity index (χ1n) is 10.2. The van der Waals surface area contributed by atoms with Crippen LogP contribution in [0.2, 0.25) is 0 Å². The third-order valence-corrected chi connectivity index (χ3v) is 5.92. The summed E-state index contributed by atoms with van der Waals surface area (Å²) in [6.07, 6.45) is 7.25. The van der Waals surface area contributed by atoms with Crippen LogP contribution < -0.4 is 5.32 Å². The van der Waals surface area contributed by atoms with Crippen molar-refractivity contribution in [2.75, 3.05) is 25.0 Å². The van der Waals surface area contributed by atoms with Gasteiger partial charge in [0, 0.05) is 50.6 Å². The van der Waals surface area contributed by atoms with Gasteiger partial charge in [-0.2, -0.15) is 0 Å². The Morgan fingerprint density at radius 2 is 1.79 bits per heavy atom. The molecule has 2 aromatic rings. The normalized spacial score (nSPS) is 24.9. The predicted octanol–water partition coefficient (Wildman–Crippen LogP) is 2.98. The Labute approximate surface area is 167 Å². The number of ether oxygens (including phenoxy) is 1. The SMILES string of the molecule is CC1(O)CCOC2(CCN(Cc3cnc(NCc4ccccc4)nc3)CC2)C1. The monoisotopic (exact) mass is 382 g/mol. The standard InChI is InChI=1S/C22H30N4O2/c1-21(27)9-12-28-22(17-21)7-10-26(11-8-22)16-19-14-24-20(25-15-19)23-13-18-5-3-2-4-6-18/h2-6,14-15,27H,7-13,16-17H2,1H3,(H,23,24,25). The Hall–Kier alpha value is -2.02. The van der Waals surface area contributed by atoms with Crippen molar-refractivity contribution >= 4 is 5.95 Å². The van der Waals surface area contributed by atoms with Gasteiger partial charge in [-0.25, -0.2) is 9.97 Å². The summed E-state index contributed by atoms with van der Waals surface area (Å²) >= 11 is 0. The Balaban J connectivity index is 1.26. The van der Waals surface area contributed by atoms with E-state index in [1.807, 2.05) is 37.5 Å². The summed E-state index contributed by atoms with van der Waals surface area (Å²) in [6.45, 7) is 6.13. The lowest BCUT2D eigenvalue weighted by Gasteiger charge is -2.48. The molecule has 1 unspecified atom stereocenters. The smallest absolute Gasteiger partial charge is 0.222 e. The van der Waals surface area contributed by atoms with Gasteiger partial charge >= 0.3 is 0 Å². The summed E-state index contributed by atoms with van der Waals surface area (Å²) in [5.41, 5.74) is 1.61. The minimum Gasteiger partial charge on any atom is -0.390 e. The fourth-order valence-electron chi connectivity index (χ4n) is 4.32. The molecule has 6 nitrogen and oxygen atoms in total. The first kappa shape index (κ1) is 19.3. The number of hydrogen-bond acceptors (Lipinski definition) is 6. The fourth-order valence-corrected chi connectivity index (χ4v) is 4.32. The van der Waals surface area contributed by atoms with Crippen molar-refractivity contribution in [3.63, 3.8) is 0 Å². The molecule has 0 bridgehead atoms. The van der Waals surface area contributed by atoms with Gasteiger partial charge in [-0.15, -0.1) is 0 Å². The number of nitrogens with one attached hydrogen (secondary N) is 1. The molecule has 2 fully saturated rings. The van der Waals surface area contributed by atoms with Crippen molar-refractivity contribution in [1.29, 1.82) is 0 Å². The van der Waals surface area contributed by atoms with E-state index in [1.54, 1.807) is 0 Å². The van der Waals surface area contributed by atoms with Crippen molar-refractivity contribution in [3.05, 3.63) is 53.9 Å². The van der Waals surface area contributed by atoms with Crippen LogP contribution >= 0.6 is 0 Å². The number of nitrogens with zero attached hydrogens (tertiary/aromatic N) is 3. The molecule has 0 aliphatic carbocycles. The van der Waals surface area contributed by atoms with Gasteiger partial charge in [-0.1, -0.05) is 30.3 Å². The van der Waals surface area contributed by atoms with E-state index in [4.69, 9.17) is 4.74 Å². The minimum absolute atomic E-state index is 0.139. The summed E-state index contributed by atoms with van der Waals surface area (Å²) in [5, 5.41) is 13.7. The molecule has 2 aliphatic heterocycles. The molecule has 0 amide bonds. The molecule has 6 heteroatoms. The molecule has 0 radical (unpaired) electrons. The minimum atomic E-state index is -0.586. The van der Waals surface area contributed by atoms with Crippen molar-refractivity contribution in [3.8, 4) is 0 Å². The van der Waals surface area contributed by atoms with Crippen LogP contribution in [-0.2, 0) is 17.8 Å². The maximum absolute atomic E-state index is 10.4. The lowest BCUT2D eigenvalue weighted by molar-refractivity contribution is -0.173. The second kappa shape index (κ2) is 8.15. The summed E-state index contributed by atoms with van der Waals surface area (Å²) in [6, 6.07) is 10.2. The quantitative estimate of drug-likeness (QED) is 0.828. The predicted molar refractivity (Wildman–Crippen MR) is 109 cm³/mol. The molecule has 28 heavy (non-hydrogen) atoms. The van der Waals surface area contributed by atoms with Crippen LogP contribution in [0.3, 0.4) is 0 Å². The van der Waals surface area contributed by atoms with Gasteiger partial charge in [0.15, 0.2) is 0 Å². The molecule has 2 N–H and O–H groups in total. The van der Waals surface area contributed by atoms with Gasteiger partial charge < -0.3 is 15.2 Å². The number of aromatic nitrogens is 2. The maximum atomic E-state index is 10.4. The zero-order valence-corrected chi connectivity index (χ0v) is 16.6. The van der Waals surface area contributed by atoms with E-state index in [0.717, 1.165) is 57.4 Å². The first-order valence-corrected chi connectivity index (χ1v) is 10.2. The average Bonchev–Trinajstić information content (AvgIpc) is 2.69. The number of piperidine rings is 1. The van der Waals surface area contributed by atoms with Crippen LogP contribution in [0.4, 0.5) is 5.95 Å². The van der Waals surface area contributed by atoms with Crippen LogP contribution in [0.5, 0.6) is 0 Å². The Bertz CT molecular complexity index is 756. The second-order valence-corrected chi connectivity index (χ2v) is 8.49. The van der Waals surface area contributed by atoms with E-state index in [2.05, 4.69) is 32.3 Å². The highest BCUT2D eigenvalue weighted by Gasteiger charge is 2.44. The molecule has 0 saturated carbocycles. The Morgan fingerprint density at radius 3 is 2.46 bits per heavy atom. The van der Waals surface area contributed by atoms with Crippen LogP contribution in [0, 0.1) is 0 Å². The first-order chi connectivity index (χ1) is 13.5. The van der Waals surface area contributed by atoms with Gasteiger partial charge in [-0.3, -0.25) is 4.90 Å². The molecule has 1 spiro atoms. The number of hydrogen-bond donors (Lipinski definition) is 2. The summed E-state index contributed by atoms with van der Waals surface area (Å²) in [5.74, 6) is 0.656. The largest absolute Gasteiger partial charge is 0.390 e. The zero-order chi connectivity index (χ0) is 19.5. The topological polar surface area (TPSA) is 70.5 Å². The maximum Gasteiger partial charge on any atom is 0.222 e. The molecule has 2 saturated heterocycles. The summed E-state index contributed by atoms with van der Waals surface area (Å²) in [7, 11) is 0. The van der Waals surface area contributed by atoms with Gasteiger partial charge in [0.05, 0.1) is 17.8 Å². The van der Waals surface area contributed by atoms with E-state index in [9.17, 15) is 5.11 Å². The number of aliphatic hydroxyl groups is 1. The number of benzene rings is 1. The number of rotatable bonds is 5. The third kappa shape index (κ3) is 4.87. The molecule has 2 aliphatic rings. The van der Waals surface area contributed by atoms with E-state index < -0.39 is 5.60 Å². The molecular formula is C22H30N4O2. The van der Waals surface area contributed by atoms with Gasteiger partial charge in [0.2, 0.25) is 5.95 Å². The lowest BCUT2D eigenvalue weighted by atomic mass is 9.78. The molecule has 1 aromatic heterocycles. The number of likely N-dealkylation sites (tertiary alicyclic amines) is 1. The molecule has 4 rings (SSSR count). The van der Waals surface area contributed by atoms with Crippen molar-refractivity contribution in [2.45, 2.75) is 56.9 Å². The van der Waals surface area contributed by atoms with Crippen LogP contribution in [0.15, 0.2) is 42.7 Å². The molecule has 3 heterocycles. The van der Waals surface area contributed by atoms with E-state index in [1.165, 1.54) is 5.56 Å². The van der Waals surface area contributed by atoms with Crippen LogP contribution in [0.25, 0.3) is 0 Å². The van der Waals surface area contributed by atoms with E-state index >= 15 is 0 Å². The van der Waals surface area contributed by atoms with Crippen LogP contribution in [0.1, 0.15) is 43.7 Å². The van der Waals surface area contributed by atoms with E-state index in [0.29, 0.717) is 12.6 Å². The summed E-state index contributed by atoms with van der Waals surface area (Å²) in [4.78, 5) is 11.3. The summed E-state index contributed by atoms with van der Waals surface area (Å²) < 4.78 is 6.10. The van der Waals surface area contributed by atoms with Gasteiger partial charge in [0.25, 0.3) is 0 Å². The molecule has 150 valence electrons. The Kier molecular flexibility index (Phi) is 5.62. The van der Waals surface area contributed by atoms with Crippen molar-refractivity contribution < 1.29 is 9.84 Å². The van der Waals surface area contributed by atoms with Crippen LogP contribution in [-0.4, -0.2) is 50.9 Å². The average molecular weight is 383 g/mol. The zero-order valence-electron chi connectivity index (χ0n) is 16.6. The fraction of sp³-hybridized carbons (Fsp3) is 0.545. The molecule has 1 atom stereocenters. The molecular weight excluding hydrogens is 352 g/mol. The lowest BCUT2D eigenvalue weighted by Crippen LogP contribution is -2.53. The van der Waals surface area contributed by atoms with Gasteiger partial charge in [0.1, 0.15) is 0 Å². The highest BCUT2D eigenvalue weighted by molar-refractivity contribution is 5.27. The highest BCUT2D eigenvalue weighted by atomic mass is 16.5. The number of anilines is 1. The van der Waals surface area contributed by atoms with Crippen molar-refractivity contribution in [1.82, 2.24) is 14.9 Å². The Morgan fingerprint density at radius 1 is 1.07 bits per heavy atom.